The molecule has 5 atom stereocenters. The van der Waals surface area contributed by atoms with Crippen molar-refractivity contribution in [3.63, 3.8) is 0 Å². The van der Waals surface area contributed by atoms with E-state index < -0.39 is 18.3 Å². The van der Waals surface area contributed by atoms with Gasteiger partial charge in [0, 0.05) is 12.5 Å². The van der Waals surface area contributed by atoms with Crippen molar-refractivity contribution in [2.75, 3.05) is 13.2 Å². The van der Waals surface area contributed by atoms with Gasteiger partial charge in [0.25, 0.3) is 0 Å². The van der Waals surface area contributed by atoms with Crippen LogP contribution in [-0.2, 0) is 9.47 Å². The first-order valence-electron chi connectivity index (χ1n) is 5.96. The van der Waals surface area contributed by atoms with E-state index >= 15 is 0 Å². The van der Waals surface area contributed by atoms with Crippen LogP contribution in [0.2, 0.25) is 0 Å². The van der Waals surface area contributed by atoms with E-state index in [0.717, 1.165) is 25.9 Å². The lowest BCUT2D eigenvalue weighted by Crippen LogP contribution is -2.33. The lowest BCUT2D eigenvalue weighted by atomic mass is 10.1. The van der Waals surface area contributed by atoms with Crippen molar-refractivity contribution >= 4 is 0 Å². The summed E-state index contributed by atoms with van der Waals surface area (Å²) in [6, 6.07) is 0. The second-order valence-electron chi connectivity index (χ2n) is 4.67. The zero-order valence-corrected chi connectivity index (χ0v) is 9.29. The molecule has 2 rings (SSSR count). The van der Waals surface area contributed by atoms with E-state index in [1.54, 1.807) is 0 Å². The maximum absolute atomic E-state index is 9.63. The summed E-state index contributed by atoms with van der Waals surface area (Å²) < 4.78 is 10.9. The van der Waals surface area contributed by atoms with Crippen molar-refractivity contribution < 1.29 is 24.8 Å². The quantitative estimate of drug-likeness (QED) is 0.619. The molecule has 0 radical (unpaired) electrons. The molecule has 1 aliphatic carbocycles. The maximum atomic E-state index is 9.63. The third-order valence-electron chi connectivity index (χ3n) is 3.41. The number of aliphatic hydroxyl groups is 3. The predicted molar refractivity (Wildman–Crippen MR) is 55.7 cm³/mol. The fraction of sp³-hybridized carbons (Fsp3) is 1.00. The van der Waals surface area contributed by atoms with Crippen molar-refractivity contribution in [2.24, 2.45) is 5.92 Å². The average Bonchev–Trinajstić information content (AvgIpc) is 2.56. The van der Waals surface area contributed by atoms with Crippen molar-refractivity contribution in [2.45, 2.75) is 50.3 Å². The highest BCUT2D eigenvalue weighted by atomic mass is 16.7. The third-order valence-corrected chi connectivity index (χ3v) is 3.41. The van der Waals surface area contributed by atoms with Crippen LogP contribution < -0.4 is 0 Å². The summed E-state index contributed by atoms with van der Waals surface area (Å²) in [6.07, 6.45) is 0.487. The van der Waals surface area contributed by atoms with Crippen molar-refractivity contribution in [1.29, 1.82) is 0 Å². The smallest absolute Gasteiger partial charge is 0.157 e. The van der Waals surface area contributed by atoms with Gasteiger partial charge in [-0.1, -0.05) is 0 Å². The fourth-order valence-corrected chi connectivity index (χ4v) is 2.34. The van der Waals surface area contributed by atoms with Crippen LogP contribution >= 0.6 is 0 Å². The van der Waals surface area contributed by atoms with E-state index in [4.69, 9.17) is 9.47 Å². The molecule has 3 N–H and O–H groups in total. The third kappa shape index (κ3) is 2.73. The topological polar surface area (TPSA) is 79.2 Å². The molecule has 2 aliphatic rings. The lowest BCUT2D eigenvalue weighted by molar-refractivity contribution is -0.174. The van der Waals surface area contributed by atoms with Crippen LogP contribution in [0.25, 0.3) is 0 Å². The number of hydrogen-bond donors (Lipinski definition) is 3. The Morgan fingerprint density at radius 3 is 2.50 bits per heavy atom. The molecule has 5 nitrogen and oxygen atoms in total. The largest absolute Gasteiger partial charge is 0.390 e. The van der Waals surface area contributed by atoms with Crippen LogP contribution in [0.3, 0.4) is 0 Å². The SMILES string of the molecule is O[C@@H]1[C@@H](O)[C@H](COC2CCCCO2)C[C@@H]1O. The average molecular weight is 232 g/mol. The molecule has 1 saturated carbocycles. The van der Waals surface area contributed by atoms with Gasteiger partial charge in [-0.25, -0.2) is 0 Å². The van der Waals surface area contributed by atoms with Gasteiger partial charge in [-0.2, -0.15) is 0 Å². The first-order chi connectivity index (χ1) is 7.68. The molecular weight excluding hydrogens is 212 g/mol. The number of ether oxygens (including phenoxy) is 2. The van der Waals surface area contributed by atoms with E-state index in [2.05, 4.69) is 0 Å². The number of hydrogen-bond acceptors (Lipinski definition) is 5. The Morgan fingerprint density at radius 2 is 1.94 bits per heavy atom. The summed E-state index contributed by atoms with van der Waals surface area (Å²) >= 11 is 0. The summed E-state index contributed by atoms with van der Waals surface area (Å²) in [6.45, 7) is 1.06. The van der Waals surface area contributed by atoms with Crippen LogP contribution in [0.1, 0.15) is 25.7 Å². The van der Waals surface area contributed by atoms with Crippen LogP contribution in [0, 0.1) is 5.92 Å². The van der Waals surface area contributed by atoms with E-state index in [9.17, 15) is 15.3 Å². The zero-order valence-electron chi connectivity index (χ0n) is 9.29. The minimum atomic E-state index is -1.04. The highest BCUT2D eigenvalue weighted by Gasteiger charge is 2.40. The van der Waals surface area contributed by atoms with Gasteiger partial charge in [0.1, 0.15) is 6.10 Å². The van der Waals surface area contributed by atoms with Crippen LogP contribution in [0.4, 0.5) is 0 Å². The Balaban J connectivity index is 1.73. The molecule has 0 bridgehead atoms. The Kier molecular flexibility index (Phi) is 4.16. The van der Waals surface area contributed by atoms with Crippen molar-refractivity contribution in [1.82, 2.24) is 0 Å². The summed E-state index contributed by atoms with van der Waals surface area (Å²) in [5.41, 5.74) is 0. The second kappa shape index (κ2) is 5.42. The normalized spacial score (nSPS) is 44.8. The molecule has 5 heteroatoms. The van der Waals surface area contributed by atoms with Crippen LogP contribution in [0.15, 0.2) is 0 Å². The van der Waals surface area contributed by atoms with Gasteiger partial charge in [-0.3, -0.25) is 0 Å². The fourth-order valence-electron chi connectivity index (χ4n) is 2.34. The molecule has 0 amide bonds. The minimum absolute atomic E-state index is 0.184. The zero-order chi connectivity index (χ0) is 11.5. The summed E-state index contributed by atoms with van der Waals surface area (Å²) in [7, 11) is 0. The maximum Gasteiger partial charge on any atom is 0.157 e. The molecule has 0 aromatic rings. The standard InChI is InChI=1S/C11H20O5/c12-8-5-7(10(13)11(8)14)6-16-9-3-1-2-4-15-9/h7-14H,1-6H2/t7-,8-,9?,10-,11-/m0/s1. The van der Waals surface area contributed by atoms with Gasteiger partial charge < -0.3 is 24.8 Å². The summed E-state index contributed by atoms with van der Waals surface area (Å²) in [4.78, 5) is 0. The molecule has 0 aromatic carbocycles. The Bertz CT molecular complexity index is 216. The Labute approximate surface area is 95.0 Å². The monoisotopic (exact) mass is 232 g/mol. The first kappa shape index (κ1) is 12.3. The van der Waals surface area contributed by atoms with E-state index in [-0.39, 0.29) is 12.2 Å². The molecule has 94 valence electrons. The van der Waals surface area contributed by atoms with E-state index in [1.165, 1.54) is 0 Å². The predicted octanol–water partition coefficient (Wildman–Crippen LogP) is -0.368. The molecule has 1 aliphatic heterocycles. The second-order valence-corrected chi connectivity index (χ2v) is 4.67. The molecule has 1 heterocycles. The van der Waals surface area contributed by atoms with Gasteiger partial charge >= 0.3 is 0 Å². The lowest BCUT2D eigenvalue weighted by Gasteiger charge is -2.25. The highest BCUT2D eigenvalue weighted by molar-refractivity contribution is 4.90. The van der Waals surface area contributed by atoms with Gasteiger partial charge in [0.15, 0.2) is 6.29 Å². The van der Waals surface area contributed by atoms with Crippen molar-refractivity contribution in [3.05, 3.63) is 0 Å². The van der Waals surface area contributed by atoms with Gasteiger partial charge in [-0.05, 0) is 25.7 Å². The van der Waals surface area contributed by atoms with Crippen LogP contribution in [0.5, 0.6) is 0 Å². The van der Waals surface area contributed by atoms with E-state index in [0.29, 0.717) is 13.0 Å². The molecule has 16 heavy (non-hydrogen) atoms. The minimum Gasteiger partial charge on any atom is -0.390 e. The molecule has 2 fully saturated rings. The highest BCUT2D eigenvalue weighted by Crippen LogP contribution is 2.28. The molecule has 1 unspecified atom stereocenters. The van der Waals surface area contributed by atoms with Gasteiger partial charge in [0.05, 0.1) is 18.8 Å². The van der Waals surface area contributed by atoms with E-state index in [1.807, 2.05) is 0 Å². The molecule has 0 aromatic heterocycles. The number of aliphatic hydroxyl groups excluding tert-OH is 3. The summed E-state index contributed by atoms with van der Waals surface area (Å²) in [5.74, 6) is -0.199. The number of rotatable bonds is 3. The Morgan fingerprint density at radius 1 is 1.12 bits per heavy atom. The van der Waals surface area contributed by atoms with Gasteiger partial charge in [0.2, 0.25) is 0 Å². The Hall–Kier alpha value is -0.200. The van der Waals surface area contributed by atoms with Gasteiger partial charge in [-0.15, -0.1) is 0 Å². The van der Waals surface area contributed by atoms with Crippen LogP contribution in [-0.4, -0.2) is 53.1 Å². The molecule has 0 spiro atoms. The first-order valence-corrected chi connectivity index (χ1v) is 5.96. The molecular formula is C11H20O5. The summed E-state index contributed by atoms with van der Waals surface area (Å²) in [5, 5.41) is 28.4. The van der Waals surface area contributed by atoms with Crippen molar-refractivity contribution in [3.8, 4) is 0 Å². The molecule has 1 saturated heterocycles.